The second kappa shape index (κ2) is 6.30. The van der Waals surface area contributed by atoms with Gasteiger partial charge in [0.2, 0.25) is 0 Å². The summed E-state index contributed by atoms with van der Waals surface area (Å²) in [6.07, 6.45) is 2.62. The van der Waals surface area contributed by atoms with Crippen LogP contribution in [0.15, 0.2) is 30.0 Å². The van der Waals surface area contributed by atoms with E-state index in [0.717, 1.165) is 23.2 Å². The van der Waals surface area contributed by atoms with E-state index in [1.54, 1.807) is 18.3 Å². The zero-order valence-electron chi connectivity index (χ0n) is 10.3. The van der Waals surface area contributed by atoms with Crippen LogP contribution in [0.1, 0.15) is 25.8 Å². The van der Waals surface area contributed by atoms with E-state index in [-0.39, 0.29) is 6.03 Å². The Hall–Kier alpha value is -1.48. The van der Waals surface area contributed by atoms with E-state index < -0.39 is 0 Å². The number of nitrogens with one attached hydrogen (secondary N) is 2. The summed E-state index contributed by atoms with van der Waals surface area (Å²) in [7, 11) is 0. The fourth-order valence-electron chi connectivity index (χ4n) is 1.19. The van der Waals surface area contributed by atoms with Crippen LogP contribution < -0.4 is 10.6 Å². The number of halogens is 1. The molecule has 92 valence electrons. The smallest absolute Gasteiger partial charge is 0.314 e. The molecule has 0 fully saturated rings. The van der Waals surface area contributed by atoms with Crippen molar-refractivity contribution in [3.63, 3.8) is 0 Å². The van der Waals surface area contributed by atoms with Gasteiger partial charge < -0.3 is 10.6 Å². The van der Waals surface area contributed by atoms with E-state index in [4.69, 9.17) is 11.6 Å². The van der Waals surface area contributed by atoms with Crippen LogP contribution in [0.4, 0.5) is 10.5 Å². The van der Waals surface area contributed by atoms with E-state index in [1.807, 2.05) is 26.8 Å². The van der Waals surface area contributed by atoms with E-state index in [1.165, 1.54) is 0 Å². The Morgan fingerprint density at radius 2 is 2.18 bits per heavy atom. The van der Waals surface area contributed by atoms with Crippen molar-refractivity contribution in [3.05, 3.63) is 40.6 Å². The second-order valence-electron chi connectivity index (χ2n) is 3.86. The predicted molar refractivity (Wildman–Crippen MR) is 72.4 cm³/mol. The van der Waals surface area contributed by atoms with Gasteiger partial charge in [-0.25, -0.2) is 4.79 Å². The molecule has 1 rings (SSSR count). The lowest BCUT2D eigenvalue weighted by molar-refractivity contribution is 0.255. The molecule has 0 aliphatic heterocycles. The third kappa shape index (κ3) is 4.11. The predicted octanol–water partition coefficient (Wildman–Crippen LogP) is 4.08. The highest BCUT2D eigenvalue weighted by Gasteiger charge is 2.04. The molecule has 0 saturated heterocycles. The molecule has 2 amide bonds. The topological polar surface area (TPSA) is 41.1 Å². The summed E-state index contributed by atoms with van der Waals surface area (Å²) in [4.78, 5) is 11.6. The average molecular weight is 253 g/mol. The number of benzene rings is 1. The molecule has 0 bridgehead atoms. The van der Waals surface area contributed by atoms with Gasteiger partial charge in [0.15, 0.2) is 0 Å². The van der Waals surface area contributed by atoms with E-state index in [2.05, 4.69) is 10.6 Å². The molecule has 3 nitrogen and oxygen atoms in total. The second-order valence-corrected chi connectivity index (χ2v) is 4.26. The van der Waals surface area contributed by atoms with Crippen molar-refractivity contribution in [1.29, 1.82) is 0 Å². The van der Waals surface area contributed by atoms with Crippen molar-refractivity contribution in [1.82, 2.24) is 5.32 Å². The quantitative estimate of drug-likeness (QED) is 0.836. The summed E-state index contributed by atoms with van der Waals surface area (Å²) >= 11 is 5.96. The highest BCUT2D eigenvalue weighted by atomic mass is 35.5. The van der Waals surface area contributed by atoms with Gasteiger partial charge >= 0.3 is 6.03 Å². The Kier molecular flexibility index (Phi) is 5.04. The summed E-state index contributed by atoms with van der Waals surface area (Å²) in [5.41, 5.74) is 2.70. The summed E-state index contributed by atoms with van der Waals surface area (Å²) in [6, 6.07) is 5.15. The minimum Gasteiger partial charge on any atom is -0.314 e. The molecule has 0 aliphatic carbocycles. The lowest BCUT2D eigenvalue weighted by Crippen LogP contribution is -2.24. The Morgan fingerprint density at radius 1 is 1.47 bits per heavy atom. The Labute approximate surface area is 107 Å². The number of anilines is 1. The van der Waals surface area contributed by atoms with Crippen molar-refractivity contribution < 1.29 is 4.79 Å². The van der Waals surface area contributed by atoms with Crippen molar-refractivity contribution in [3.8, 4) is 0 Å². The minimum absolute atomic E-state index is 0.261. The summed E-state index contributed by atoms with van der Waals surface area (Å²) in [6.45, 7) is 5.86. The molecule has 0 aromatic heterocycles. The maximum atomic E-state index is 11.6. The van der Waals surface area contributed by atoms with Gasteiger partial charge in [-0.2, -0.15) is 0 Å². The third-order valence-corrected chi connectivity index (χ3v) is 2.93. The van der Waals surface area contributed by atoms with Gasteiger partial charge in [0, 0.05) is 16.9 Å². The standard InChI is InChI=1S/C13H17ClN2O/c1-4-9(2)8-15-13(17)16-12-7-5-6-11(14)10(12)3/h5-8H,4H2,1-3H3,(H2,15,16,17)/b9-8+. The summed E-state index contributed by atoms with van der Waals surface area (Å²) < 4.78 is 0. The largest absolute Gasteiger partial charge is 0.323 e. The third-order valence-electron chi connectivity index (χ3n) is 2.52. The number of hydrogen-bond acceptors (Lipinski definition) is 1. The van der Waals surface area contributed by atoms with Crippen LogP contribution >= 0.6 is 11.6 Å². The van der Waals surface area contributed by atoms with Crippen molar-refractivity contribution in [2.24, 2.45) is 0 Å². The zero-order chi connectivity index (χ0) is 12.8. The average Bonchev–Trinajstić information content (AvgIpc) is 2.32. The number of rotatable bonds is 3. The molecule has 4 heteroatoms. The Balaban J connectivity index is 2.66. The van der Waals surface area contributed by atoms with Gasteiger partial charge in [-0.15, -0.1) is 0 Å². The van der Waals surface area contributed by atoms with Crippen LogP contribution in [-0.4, -0.2) is 6.03 Å². The molecule has 0 aliphatic rings. The first-order chi connectivity index (χ1) is 8.04. The number of urea groups is 1. The molecule has 0 spiro atoms. The van der Waals surface area contributed by atoms with Gasteiger partial charge in [-0.05, 0) is 38.0 Å². The molecule has 0 atom stereocenters. The number of hydrogen-bond donors (Lipinski definition) is 2. The number of carbonyl (C=O) groups excluding carboxylic acids is 1. The van der Waals surface area contributed by atoms with E-state index in [9.17, 15) is 4.79 Å². The molecular formula is C13H17ClN2O. The maximum Gasteiger partial charge on any atom is 0.323 e. The van der Waals surface area contributed by atoms with Gasteiger partial charge in [0.1, 0.15) is 0 Å². The number of allylic oxidation sites excluding steroid dienone is 1. The molecule has 0 radical (unpaired) electrons. The molecule has 0 unspecified atom stereocenters. The van der Waals surface area contributed by atoms with Gasteiger partial charge in [0.05, 0.1) is 0 Å². The molecule has 2 N–H and O–H groups in total. The lowest BCUT2D eigenvalue weighted by atomic mass is 10.2. The van der Waals surface area contributed by atoms with E-state index in [0.29, 0.717) is 5.02 Å². The highest BCUT2D eigenvalue weighted by molar-refractivity contribution is 6.31. The SMILES string of the molecule is CC/C(C)=C/NC(=O)Nc1cccc(Cl)c1C. The first-order valence-electron chi connectivity index (χ1n) is 5.53. The maximum absolute atomic E-state index is 11.6. The van der Waals surface area contributed by atoms with Gasteiger partial charge in [-0.1, -0.05) is 30.2 Å². The number of amides is 2. The molecule has 17 heavy (non-hydrogen) atoms. The number of carbonyl (C=O) groups is 1. The first kappa shape index (κ1) is 13.6. The Bertz CT molecular complexity index is 441. The first-order valence-corrected chi connectivity index (χ1v) is 5.90. The van der Waals surface area contributed by atoms with Crippen LogP contribution in [0.25, 0.3) is 0 Å². The highest BCUT2D eigenvalue weighted by Crippen LogP contribution is 2.22. The fourth-order valence-corrected chi connectivity index (χ4v) is 1.37. The fraction of sp³-hybridized carbons (Fsp3) is 0.308. The van der Waals surface area contributed by atoms with Crippen molar-refractivity contribution >= 4 is 23.3 Å². The normalized spacial score (nSPS) is 11.2. The van der Waals surface area contributed by atoms with Crippen LogP contribution in [0, 0.1) is 6.92 Å². The van der Waals surface area contributed by atoms with Crippen LogP contribution in [0.5, 0.6) is 0 Å². The van der Waals surface area contributed by atoms with E-state index >= 15 is 0 Å². The zero-order valence-corrected chi connectivity index (χ0v) is 11.1. The monoisotopic (exact) mass is 252 g/mol. The lowest BCUT2D eigenvalue weighted by Gasteiger charge is -2.09. The molecule has 1 aromatic rings. The van der Waals surface area contributed by atoms with Gasteiger partial charge in [-0.3, -0.25) is 0 Å². The van der Waals surface area contributed by atoms with Crippen LogP contribution in [0.3, 0.4) is 0 Å². The van der Waals surface area contributed by atoms with Crippen molar-refractivity contribution in [2.75, 3.05) is 5.32 Å². The Morgan fingerprint density at radius 3 is 2.82 bits per heavy atom. The molecule has 0 heterocycles. The molecular weight excluding hydrogens is 236 g/mol. The molecule has 1 aromatic carbocycles. The van der Waals surface area contributed by atoms with Crippen molar-refractivity contribution in [2.45, 2.75) is 27.2 Å². The van der Waals surface area contributed by atoms with Gasteiger partial charge in [0.25, 0.3) is 0 Å². The van der Waals surface area contributed by atoms with Crippen LogP contribution in [0.2, 0.25) is 5.02 Å². The van der Waals surface area contributed by atoms with Crippen LogP contribution in [-0.2, 0) is 0 Å². The minimum atomic E-state index is -0.261. The summed E-state index contributed by atoms with van der Waals surface area (Å²) in [5.74, 6) is 0. The summed E-state index contributed by atoms with van der Waals surface area (Å²) in [5, 5.41) is 6.07. The molecule has 0 saturated carbocycles.